The van der Waals surface area contributed by atoms with Gasteiger partial charge in [0.15, 0.2) is 11.6 Å². The van der Waals surface area contributed by atoms with E-state index < -0.39 is 11.6 Å². The highest BCUT2D eigenvalue weighted by Gasteiger charge is 2.26. The second-order valence-electron chi connectivity index (χ2n) is 3.73. The molecule has 0 aromatic heterocycles. The first-order chi connectivity index (χ1) is 7.16. The Morgan fingerprint density at radius 3 is 2.60 bits per heavy atom. The zero-order chi connectivity index (χ0) is 10.8. The molecule has 1 N–H and O–H groups in total. The molecule has 0 heterocycles. The first-order valence-corrected chi connectivity index (χ1v) is 5.84. The zero-order valence-electron chi connectivity index (χ0n) is 8.12. The molecule has 0 saturated heterocycles. The highest BCUT2D eigenvalue weighted by atomic mass is 32.2. The summed E-state index contributed by atoms with van der Waals surface area (Å²) in [5.41, 5.74) is 0. The maximum absolute atomic E-state index is 12.9. The molecule has 0 spiro atoms. The minimum absolute atomic E-state index is 0.120. The van der Waals surface area contributed by atoms with Crippen LogP contribution in [0.25, 0.3) is 0 Å². The van der Waals surface area contributed by atoms with E-state index in [1.54, 1.807) is 6.07 Å². The van der Waals surface area contributed by atoms with Crippen molar-refractivity contribution < 1.29 is 13.9 Å². The molecule has 0 unspecified atom stereocenters. The highest BCUT2D eigenvalue weighted by molar-refractivity contribution is 8.00. The molecule has 1 nitrogen and oxygen atoms in total. The summed E-state index contributed by atoms with van der Waals surface area (Å²) in [6.45, 7) is 0. The maximum atomic E-state index is 12.9. The number of hydrogen-bond donors (Lipinski definition) is 1. The fourth-order valence-corrected chi connectivity index (χ4v) is 3.01. The van der Waals surface area contributed by atoms with Crippen LogP contribution in [0.4, 0.5) is 8.78 Å². The van der Waals surface area contributed by atoms with Gasteiger partial charge in [0.1, 0.15) is 0 Å². The molecule has 0 aliphatic heterocycles. The Bertz CT molecular complexity index is 356. The Labute approximate surface area is 91.5 Å². The minimum atomic E-state index is -0.827. The van der Waals surface area contributed by atoms with Gasteiger partial charge in [0, 0.05) is 10.1 Å². The van der Waals surface area contributed by atoms with Crippen molar-refractivity contribution in [2.75, 3.05) is 0 Å². The van der Waals surface area contributed by atoms with E-state index in [1.165, 1.54) is 17.8 Å². The van der Waals surface area contributed by atoms with E-state index in [0.29, 0.717) is 4.90 Å². The number of aliphatic hydroxyl groups excluding tert-OH is 1. The normalized spacial score (nSPS) is 25.8. The Balaban J connectivity index is 2.07. The number of aliphatic hydroxyl groups is 1. The van der Waals surface area contributed by atoms with Crippen LogP contribution in [0.5, 0.6) is 0 Å². The van der Waals surface area contributed by atoms with Gasteiger partial charge in [-0.3, -0.25) is 0 Å². The minimum Gasteiger partial charge on any atom is -0.392 e. The summed E-state index contributed by atoms with van der Waals surface area (Å²) in [6, 6.07) is 3.86. The molecular formula is C11H12F2OS. The molecule has 1 aliphatic rings. The van der Waals surface area contributed by atoms with Gasteiger partial charge >= 0.3 is 0 Å². The molecule has 1 fully saturated rings. The summed E-state index contributed by atoms with van der Waals surface area (Å²) in [5, 5.41) is 9.71. The van der Waals surface area contributed by atoms with E-state index in [1.807, 2.05) is 0 Å². The van der Waals surface area contributed by atoms with Crippen LogP contribution in [0.3, 0.4) is 0 Å². The van der Waals surface area contributed by atoms with Gasteiger partial charge in [0.05, 0.1) is 6.10 Å². The lowest BCUT2D eigenvalue weighted by molar-refractivity contribution is 0.188. The van der Waals surface area contributed by atoms with Crippen LogP contribution >= 0.6 is 11.8 Å². The molecule has 0 radical (unpaired) electrons. The number of hydrogen-bond acceptors (Lipinski definition) is 2. The van der Waals surface area contributed by atoms with Crippen LogP contribution in [0.2, 0.25) is 0 Å². The van der Waals surface area contributed by atoms with Crippen molar-refractivity contribution in [1.29, 1.82) is 0 Å². The van der Waals surface area contributed by atoms with Crippen LogP contribution in [-0.4, -0.2) is 16.5 Å². The van der Waals surface area contributed by atoms with Crippen molar-refractivity contribution in [3.63, 3.8) is 0 Å². The van der Waals surface area contributed by atoms with Gasteiger partial charge < -0.3 is 5.11 Å². The Kier molecular flexibility index (Phi) is 3.26. The molecular weight excluding hydrogens is 218 g/mol. The van der Waals surface area contributed by atoms with Crippen LogP contribution in [0, 0.1) is 11.6 Å². The van der Waals surface area contributed by atoms with Crippen LogP contribution < -0.4 is 0 Å². The molecule has 0 bridgehead atoms. The van der Waals surface area contributed by atoms with Gasteiger partial charge in [-0.05, 0) is 37.5 Å². The summed E-state index contributed by atoms with van der Waals surface area (Å²) in [5.74, 6) is -1.65. The number of rotatable bonds is 2. The summed E-state index contributed by atoms with van der Waals surface area (Å²) >= 11 is 1.43. The summed E-state index contributed by atoms with van der Waals surface area (Å²) in [4.78, 5) is 0.680. The second-order valence-corrected chi connectivity index (χ2v) is 5.04. The number of halogens is 2. The molecule has 2 rings (SSSR count). The maximum Gasteiger partial charge on any atom is 0.159 e. The van der Waals surface area contributed by atoms with Gasteiger partial charge in [0.25, 0.3) is 0 Å². The van der Waals surface area contributed by atoms with Crippen molar-refractivity contribution in [2.24, 2.45) is 0 Å². The number of thioether (sulfide) groups is 1. The third-order valence-corrected chi connectivity index (χ3v) is 3.97. The second kappa shape index (κ2) is 4.49. The monoisotopic (exact) mass is 230 g/mol. The molecule has 82 valence electrons. The molecule has 4 heteroatoms. The van der Waals surface area contributed by atoms with Crippen molar-refractivity contribution in [3.8, 4) is 0 Å². The summed E-state index contributed by atoms with van der Waals surface area (Å²) in [7, 11) is 0. The summed E-state index contributed by atoms with van der Waals surface area (Å²) in [6.07, 6.45) is 2.43. The molecule has 1 saturated carbocycles. The molecule has 1 aromatic rings. The van der Waals surface area contributed by atoms with E-state index in [2.05, 4.69) is 0 Å². The van der Waals surface area contributed by atoms with Gasteiger partial charge in [-0.25, -0.2) is 8.78 Å². The topological polar surface area (TPSA) is 20.2 Å². The first-order valence-electron chi connectivity index (χ1n) is 4.96. The van der Waals surface area contributed by atoms with Gasteiger partial charge in [-0.1, -0.05) is 0 Å². The largest absolute Gasteiger partial charge is 0.392 e. The SMILES string of the molecule is O[C@@H]1CCC[C@H]1Sc1ccc(F)c(F)c1. The Hall–Kier alpha value is -0.610. The lowest BCUT2D eigenvalue weighted by atomic mass is 10.3. The van der Waals surface area contributed by atoms with Crippen molar-refractivity contribution in [1.82, 2.24) is 0 Å². The van der Waals surface area contributed by atoms with Crippen molar-refractivity contribution in [2.45, 2.75) is 35.5 Å². The third kappa shape index (κ3) is 2.49. The fraction of sp³-hybridized carbons (Fsp3) is 0.455. The molecule has 15 heavy (non-hydrogen) atoms. The average molecular weight is 230 g/mol. The number of benzene rings is 1. The lowest BCUT2D eigenvalue weighted by Crippen LogP contribution is -2.14. The van der Waals surface area contributed by atoms with Crippen molar-refractivity contribution >= 4 is 11.8 Å². The van der Waals surface area contributed by atoms with E-state index in [-0.39, 0.29) is 11.4 Å². The Morgan fingerprint density at radius 2 is 2.00 bits per heavy atom. The zero-order valence-corrected chi connectivity index (χ0v) is 8.94. The average Bonchev–Trinajstić information content (AvgIpc) is 2.59. The molecule has 0 amide bonds. The molecule has 1 aromatic carbocycles. The van der Waals surface area contributed by atoms with Gasteiger partial charge in [-0.2, -0.15) is 0 Å². The Morgan fingerprint density at radius 1 is 1.20 bits per heavy atom. The van der Waals surface area contributed by atoms with Crippen LogP contribution in [0.1, 0.15) is 19.3 Å². The first kappa shape index (κ1) is 10.9. The predicted octanol–water partition coefficient (Wildman–Crippen LogP) is 2.97. The third-order valence-electron chi connectivity index (χ3n) is 2.60. The van der Waals surface area contributed by atoms with E-state index in [0.717, 1.165) is 25.3 Å². The molecule has 1 aliphatic carbocycles. The van der Waals surface area contributed by atoms with Gasteiger partial charge in [0.2, 0.25) is 0 Å². The smallest absolute Gasteiger partial charge is 0.159 e. The highest BCUT2D eigenvalue weighted by Crippen LogP contribution is 2.35. The summed E-state index contributed by atoms with van der Waals surface area (Å²) < 4.78 is 25.6. The fourth-order valence-electron chi connectivity index (χ4n) is 1.77. The van der Waals surface area contributed by atoms with E-state index in [9.17, 15) is 13.9 Å². The van der Waals surface area contributed by atoms with Crippen molar-refractivity contribution in [3.05, 3.63) is 29.8 Å². The lowest BCUT2D eigenvalue weighted by Gasteiger charge is -2.13. The van der Waals surface area contributed by atoms with E-state index in [4.69, 9.17) is 0 Å². The molecule has 2 atom stereocenters. The van der Waals surface area contributed by atoms with E-state index >= 15 is 0 Å². The predicted molar refractivity (Wildman–Crippen MR) is 55.9 cm³/mol. The van der Waals surface area contributed by atoms with Gasteiger partial charge in [-0.15, -0.1) is 11.8 Å². The standard InChI is InChI=1S/C11H12F2OS/c12-8-5-4-7(6-9(8)13)15-11-3-1-2-10(11)14/h4-6,10-11,14H,1-3H2/t10-,11-/m1/s1. The van der Waals surface area contributed by atoms with Crippen LogP contribution in [0.15, 0.2) is 23.1 Å². The quantitative estimate of drug-likeness (QED) is 0.842. The van der Waals surface area contributed by atoms with Crippen LogP contribution in [-0.2, 0) is 0 Å².